The highest BCUT2D eigenvalue weighted by Gasteiger charge is 2.25. The third kappa shape index (κ3) is 3.92. The van der Waals surface area contributed by atoms with Crippen molar-refractivity contribution in [1.82, 2.24) is 4.98 Å². The Morgan fingerprint density at radius 3 is 2.83 bits per heavy atom. The number of halogens is 1. The van der Waals surface area contributed by atoms with Gasteiger partial charge < -0.3 is 20.8 Å². The number of fused-ring (bicyclic) bond motifs is 2. The number of esters is 1. The molecular weight excluding hydrogens is 458 g/mol. The monoisotopic (exact) mass is 475 g/mol. The lowest BCUT2D eigenvalue weighted by Crippen LogP contribution is -2.22. The zero-order chi connectivity index (χ0) is 20.5. The standard InChI is InChI=1S/C20H18BrN3O4S/c21-10-5-6-14-12(7-10)13(8-23-14)20(27)28-9-16(25)24-19-17(18(22)26)11-3-1-2-4-15(11)29-19/h5-8,23H,1-4,9H2,(H2,22,26)(H,24,25). The first-order valence-electron chi connectivity index (χ1n) is 9.12. The lowest BCUT2D eigenvalue weighted by atomic mass is 9.95. The Kier molecular flexibility index (Phi) is 5.42. The van der Waals surface area contributed by atoms with Gasteiger partial charge in [-0.15, -0.1) is 11.3 Å². The Morgan fingerprint density at radius 2 is 2.03 bits per heavy atom. The zero-order valence-electron chi connectivity index (χ0n) is 15.3. The van der Waals surface area contributed by atoms with Crippen LogP contribution in [0.5, 0.6) is 0 Å². The number of aromatic amines is 1. The Bertz CT molecular complexity index is 1130. The molecule has 2 amide bonds. The molecule has 1 aromatic carbocycles. The van der Waals surface area contributed by atoms with Crippen molar-refractivity contribution in [2.75, 3.05) is 11.9 Å². The van der Waals surface area contributed by atoms with Crippen molar-refractivity contribution in [3.63, 3.8) is 0 Å². The number of amides is 2. The van der Waals surface area contributed by atoms with Gasteiger partial charge in [0.25, 0.3) is 11.8 Å². The maximum absolute atomic E-state index is 12.4. The van der Waals surface area contributed by atoms with Gasteiger partial charge in [-0.3, -0.25) is 9.59 Å². The van der Waals surface area contributed by atoms with E-state index in [2.05, 4.69) is 26.2 Å². The summed E-state index contributed by atoms with van der Waals surface area (Å²) in [6.45, 7) is -0.458. The number of carbonyl (C=O) groups excluding carboxylic acids is 3. The number of thiophene rings is 1. The second kappa shape index (κ2) is 8.00. The summed E-state index contributed by atoms with van der Waals surface area (Å²) in [4.78, 5) is 40.7. The van der Waals surface area contributed by atoms with Crippen molar-refractivity contribution in [2.24, 2.45) is 5.73 Å². The molecule has 2 heterocycles. The first-order valence-corrected chi connectivity index (χ1v) is 10.7. The number of nitrogens with two attached hydrogens (primary N) is 1. The highest BCUT2D eigenvalue weighted by atomic mass is 79.9. The fourth-order valence-corrected chi connectivity index (χ4v) is 5.22. The van der Waals surface area contributed by atoms with Crippen LogP contribution in [0.15, 0.2) is 28.9 Å². The molecule has 2 aromatic heterocycles. The lowest BCUT2D eigenvalue weighted by molar-refractivity contribution is -0.119. The van der Waals surface area contributed by atoms with E-state index >= 15 is 0 Å². The number of ether oxygens (including phenoxy) is 1. The fourth-order valence-electron chi connectivity index (χ4n) is 3.55. The van der Waals surface area contributed by atoms with Gasteiger partial charge in [0, 0.05) is 26.4 Å². The third-order valence-corrected chi connectivity index (χ3v) is 6.57. The number of carbonyl (C=O) groups is 3. The molecule has 0 saturated heterocycles. The number of hydrogen-bond acceptors (Lipinski definition) is 5. The van der Waals surface area contributed by atoms with E-state index in [1.165, 1.54) is 11.3 Å². The number of aryl methyl sites for hydroxylation is 1. The van der Waals surface area contributed by atoms with Gasteiger partial charge in [-0.25, -0.2) is 4.79 Å². The molecule has 0 radical (unpaired) electrons. The maximum Gasteiger partial charge on any atom is 0.340 e. The van der Waals surface area contributed by atoms with Gasteiger partial charge in [-0.1, -0.05) is 15.9 Å². The number of primary amides is 1. The average molecular weight is 476 g/mol. The molecule has 4 N–H and O–H groups in total. The SMILES string of the molecule is NC(=O)c1c(NC(=O)COC(=O)c2c[nH]c3ccc(Br)cc23)sc2c1CCCC2. The number of aromatic nitrogens is 1. The quantitative estimate of drug-likeness (QED) is 0.487. The Labute approximate surface area is 178 Å². The van der Waals surface area contributed by atoms with Crippen molar-refractivity contribution in [2.45, 2.75) is 25.7 Å². The predicted molar refractivity (Wildman–Crippen MR) is 114 cm³/mol. The molecule has 0 aliphatic heterocycles. The normalized spacial score (nSPS) is 13.1. The van der Waals surface area contributed by atoms with Gasteiger partial charge >= 0.3 is 5.97 Å². The van der Waals surface area contributed by atoms with Crippen molar-refractivity contribution in [1.29, 1.82) is 0 Å². The van der Waals surface area contributed by atoms with Gasteiger partial charge in [-0.2, -0.15) is 0 Å². The van der Waals surface area contributed by atoms with E-state index in [0.29, 0.717) is 21.5 Å². The summed E-state index contributed by atoms with van der Waals surface area (Å²) in [6, 6.07) is 5.50. The molecule has 7 nitrogen and oxygen atoms in total. The van der Waals surface area contributed by atoms with E-state index in [-0.39, 0.29) is 0 Å². The fraction of sp³-hybridized carbons (Fsp3) is 0.250. The largest absolute Gasteiger partial charge is 0.452 e. The molecule has 150 valence electrons. The Morgan fingerprint density at radius 1 is 1.24 bits per heavy atom. The second-order valence-electron chi connectivity index (χ2n) is 6.80. The summed E-state index contributed by atoms with van der Waals surface area (Å²) >= 11 is 4.75. The number of rotatable bonds is 5. The number of anilines is 1. The summed E-state index contributed by atoms with van der Waals surface area (Å²) < 4.78 is 6.00. The van der Waals surface area contributed by atoms with E-state index in [9.17, 15) is 14.4 Å². The van der Waals surface area contributed by atoms with E-state index in [1.54, 1.807) is 12.3 Å². The highest BCUT2D eigenvalue weighted by Crippen LogP contribution is 2.37. The Hall–Kier alpha value is -2.65. The van der Waals surface area contributed by atoms with Crippen LogP contribution in [0.2, 0.25) is 0 Å². The zero-order valence-corrected chi connectivity index (χ0v) is 17.7. The summed E-state index contributed by atoms with van der Waals surface area (Å²) in [6.07, 6.45) is 5.26. The second-order valence-corrected chi connectivity index (χ2v) is 8.82. The molecule has 0 spiro atoms. The van der Waals surface area contributed by atoms with Gasteiger partial charge in [0.15, 0.2) is 6.61 Å². The van der Waals surface area contributed by atoms with Gasteiger partial charge in [0.1, 0.15) is 5.00 Å². The van der Waals surface area contributed by atoms with Crippen molar-refractivity contribution in [3.8, 4) is 0 Å². The van der Waals surface area contributed by atoms with Crippen LogP contribution < -0.4 is 11.1 Å². The van der Waals surface area contributed by atoms with Crippen LogP contribution in [0.4, 0.5) is 5.00 Å². The van der Waals surface area contributed by atoms with Gasteiger partial charge in [0.05, 0.1) is 11.1 Å². The molecule has 29 heavy (non-hydrogen) atoms. The minimum Gasteiger partial charge on any atom is -0.452 e. The molecule has 1 aliphatic rings. The summed E-state index contributed by atoms with van der Waals surface area (Å²) in [5, 5.41) is 3.81. The summed E-state index contributed by atoms with van der Waals surface area (Å²) in [7, 11) is 0. The van der Waals surface area contributed by atoms with Gasteiger partial charge in [0.2, 0.25) is 0 Å². The minimum atomic E-state index is -0.606. The van der Waals surface area contributed by atoms with Crippen molar-refractivity contribution >= 4 is 61.0 Å². The molecule has 0 saturated carbocycles. The first kappa shape index (κ1) is 19.7. The number of nitrogens with one attached hydrogen (secondary N) is 2. The topological polar surface area (TPSA) is 114 Å². The summed E-state index contributed by atoms with van der Waals surface area (Å²) in [5.41, 5.74) is 7.99. The van der Waals surface area contributed by atoms with E-state index in [1.807, 2.05) is 12.1 Å². The minimum absolute atomic E-state index is 0.346. The molecule has 0 atom stereocenters. The third-order valence-electron chi connectivity index (χ3n) is 4.87. The summed E-state index contributed by atoms with van der Waals surface area (Å²) in [5.74, 6) is -1.67. The molecule has 1 aliphatic carbocycles. The molecule has 3 aromatic rings. The molecule has 0 fully saturated rings. The van der Waals surface area contributed by atoms with Crippen LogP contribution in [0.1, 0.15) is 44.0 Å². The van der Waals surface area contributed by atoms with Crippen molar-refractivity contribution < 1.29 is 19.1 Å². The molecule has 0 bridgehead atoms. The average Bonchev–Trinajstić information content (AvgIpc) is 3.26. The van der Waals surface area contributed by atoms with Crippen LogP contribution >= 0.6 is 27.3 Å². The van der Waals surface area contributed by atoms with Crippen LogP contribution in [-0.2, 0) is 22.4 Å². The van der Waals surface area contributed by atoms with Crippen LogP contribution in [0.25, 0.3) is 10.9 Å². The van der Waals surface area contributed by atoms with E-state index < -0.39 is 24.4 Å². The van der Waals surface area contributed by atoms with E-state index in [4.69, 9.17) is 10.5 Å². The van der Waals surface area contributed by atoms with Crippen molar-refractivity contribution in [3.05, 3.63) is 50.4 Å². The maximum atomic E-state index is 12.4. The van der Waals surface area contributed by atoms with Crippen LogP contribution in [0.3, 0.4) is 0 Å². The first-order chi connectivity index (χ1) is 13.9. The number of H-pyrrole nitrogens is 1. The van der Waals surface area contributed by atoms with E-state index in [0.717, 1.165) is 46.1 Å². The van der Waals surface area contributed by atoms with Gasteiger partial charge in [-0.05, 0) is 49.4 Å². The molecule has 4 rings (SSSR count). The Balaban J connectivity index is 1.45. The highest BCUT2D eigenvalue weighted by molar-refractivity contribution is 9.10. The molecule has 9 heteroatoms. The smallest absolute Gasteiger partial charge is 0.340 e. The predicted octanol–water partition coefficient (Wildman–Crippen LogP) is 3.77. The lowest BCUT2D eigenvalue weighted by Gasteiger charge is -2.11. The number of benzene rings is 1. The molecule has 0 unspecified atom stereocenters. The molecular formula is C20H18BrN3O4S. The number of hydrogen-bond donors (Lipinski definition) is 3. The van der Waals surface area contributed by atoms with Crippen LogP contribution in [0, 0.1) is 0 Å². The van der Waals surface area contributed by atoms with Crippen LogP contribution in [-0.4, -0.2) is 29.4 Å².